The molecule has 2 N–H and O–H groups in total. The molecule has 3 rings (SSSR count). The number of aromatic amines is 1. The first-order valence-corrected chi connectivity index (χ1v) is 9.75. The summed E-state index contributed by atoms with van der Waals surface area (Å²) in [7, 11) is 0. The number of rotatable bonds is 6. The quantitative estimate of drug-likeness (QED) is 0.637. The number of hydrogen-bond donors (Lipinski definition) is 2. The Bertz CT molecular complexity index is 858. The van der Waals surface area contributed by atoms with Gasteiger partial charge in [0.15, 0.2) is 0 Å². The molecule has 7 heteroatoms. The highest BCUT2D eigenvalue weighted by Gasteiger charge is 2.18. The van der Waals surface area contributed by atoms with Crippen molar-refractivity contribution >= 4 is 34.7 Å². The Morgan fingerprint density at radius 3 is 2.92 bits per heavy atom. The molecule has 0 bridgehead atoms. The number of nitrogens with zero attached hydrogens (tertiary/aromatic N) is 2. The van der Waals surface area contributed by atoms with Crippen molar-refractivity contribution < 1.29 is 4.79 Å². The number of carbonyl (C=O) groups is 1. The van der Waals surface area contributed by atoms with Gasteiger partial charge < -0.3 is 5.32 Å². The monoisotopic (exact) mass is 372 g/mol. The number of thiophene rings is 1. The number of H-pyrrole nitrogens is 1. The Morgan fingerprint density at radius 1 is 1.36 bits per heavy atom. The minimum atomic E-state index is -0.286. The van der Waals surface area contributed by atoms with Crippen LogP contribution in [0.3, 0.4) is 0 Å². The van der Waals surface area contributed by atoms with Crippen molar-refractivity contribution in [2.24, 2.45) is 0 Å². The topological polar surface area (TPSA) is 70.7 Å². The fourth-order valence-electron chi connectivity index (χ4n) is 2.39. The highest BCUT2D eigenvalue weighted by molar-refractivity contribution is 8.00. The Balaban J connectivity index is 1.58. The molecule has 1 aromatic carbocycles. The van der Waals surface area contributed by atoms with Crippen LogP contribution in [0, 0.1) is 13.8 Å². The van der Waals surface area contributed by atoms with E-state index in [4.69, 9.17) is 0 Å². The molecule has 0 aliphatic carbocycles. The van der Waals surface area contributed by atoms with Crippen molar-refractivity contribution in [2.45, 2.75) is 37.6 Å². The van der Waals surface area contributed by atoms with Crippen LogP contribution in [0.1, 0.15) is 28.8 Å². The van der Waals surface area contributed by atoms with E-state index >= 15 is 0 Å². The summed E-state index contributed by atoms with van der Waals surface area (Å²) in [6.07, 6.45) is 0.731. The molecule has 130 valence electrons. The van der Waals surface area contributed by atoms with Crippen molar-refractivity contribution in [3.8, 4) is 0 Å². The second kappa shape index (κ2) is 7.84. The third-order valence-electron chi connectivity index (χ3n) is 3.72. The van der Waals surface area contributed by atoms with E-state index < -0.39 is 0 Å². The van der Waals surface area contributed by atoms with Crippen molar-refractivity contribution in [1.82, 2.24) is 15.2 Å². The zero-order chi connectivity index (χ0) is 17.8. The summed E-state index contributed by atoms with van der Waals surface area (Å²) in [5, 5.41) is 12.5. The van der Waals surface area contributed by atoms with Crippen molar-refractivity contribution in [3.63, 3.8) is 0 Å². The van der Waals surface area contributed by atoms with Crippen LogP contribution in [-0.2, 0) is 11.2 Å². The smallest absolute Gasteiger partial charge is 0.237 e. The molecule has 0 saturated heterocycles. The number of aromatic nitrogens is 3. The maximum absolute atomic E-state index is 12.4. The molecule has 3 aromatic rings. The summed E-state index contributed by atoms with van der Waals surface area (Å²) in [5.41, 5.74) is 3.08. The van der Waals surface area contributed by atoms with Crippen LogP contribution in [0.25, 0.3) is 0 Å². The number of benzene rings is 1. The number of anilines is 1. The first kappa shape index (κ1) is 17.7. The van der Waals surface area contributed by atoms with Gasteiger partial charge >= 0.3 is 0 Å². The largest absolute Gasteiger partial charge is 0.325 e. The number of aryl methyl sites for hydroxylation is 2. The van der Waals surface area contributed by atoms with E-state index in [1.54, 1.807) is 11.3 Å². The van der Waals surface area contributed by atoms with Crippen LogP contribution in [0.4, 0.5) is 5.69 Å². The van der Waals surface area contributed by atoms with Gasteiger partial charge in [0.05, 0.1) is 5.25 Å². The molecule has 0 radical (unpaired) electrons. The van der Waals surface area contributed by atoms with E-state index in [0.717, 1.165) is 23.5 Å². The van der Waals surface area contributed by atoms with Crippen molar-refractivity contribution in [2.75, 3.05) is 5.32 Å². The van der Waals surface area contributed by atoms with Gasteiger partial charge in [-0.25, -0.2) is 4.98 Å². The zero-order valence-electron chi connectivity index (χ0n) is 14.4. The SMILES string of the molecule is Cc1ccc(NC(=O)C(C)Sc2n[nH]c(Cc3cccs3)n2)c(C)c1. The Kier molecular flexibility index (Phi) is 5.55. The summed E-state index contributed by atoms with van der Waals surface area (Å²) in [6.45, 7) is 5.89. The molecule has 0 saturated carbocycles. The van der Waals surface area contributed by atoms with Gasteiger partial charge in [-0.3, -0.25) is 9.89 Å². The van der Waals surface area contributed by atoms with Crippen molar-refractivity contribution in [3.05, 3.63) is 57.5 Å². The summed E-state index contributed by atoms with van der Waals surface area (Å²) in [5.74, 6) is 0.758. The van der Waals surface area contributed by atoms with Gasteiger partial charge in [-0.1, -0.05) is 35.5 Å². The zero-order valence-corrected chi connectivity index (χ0v) is 16.0. The average Bonchev–Trinajstić information content (AvgIpc) is 3.22. The van der Waals surface area contributed by atoms with E-state index in [9.17, 15) is 4.79 Å². The minimum absolute atomic E-state index is 0.0541. The van der Waals surface area contributed by atoms with E-state index in [1.165, 1.54) is 22.2 Å². The third-order valence-corrected chi connectivity index (χ3v) is 5.56. The average molecular weight is 373 g/mol. The van der Waals surface area contributed by atoms with E-state index in [-0.39, 0.29) is 11.2 Å². The van der Waals surface area contributed by atoms with Crippen LogP contribution < -0.4 is 5.32 Å². The van der Waals surface area contributed by atoms with Crippen LogP contribution >= 0.6 is 23.1 Å². The molecule has 1 unspecified atom stereocenters. The van der Waals surface area contributed by atoms with Crippen LogP contribution in [0.2, 0.25) is 0 Å². The van der Waals surface area contributed by atoms with Crippen LogP contribution in [0.15, 0.2) is 40.9 Å². The van der Waals surface area contributed by atoms with Crippen LogP contribution in [0.5, 0.6) is 0 Å². The number of amides is 1. The van der Waals surface area contributed by atoms with Gasteiger partial charge in [0.2, 0.25) is 11.1 Å². The molecule has 25 heavy (non-hydrogen) atoms. The fourth-order valence-corrected chi connectivity index (χ4v) is 3.84. The summed E-state index contributed by atoms with van der Waals surface area (Å²) in [6, 6.07) is 10.1. The molecule has 1 atom stereocenters. The Hall–Kier alpha value is -2.12. The van der Waals surface area contributed by atoms with E-state index in [0.29, 0.717) is 5.16 Å². The summed E-state index contributed by atoms with van der Waals surface area (Å²) < 4.78 is 0. The Labute approximate surface area is 155 Å². The predicted molar refractivity (Wildman–Crippen MR) is 103 cm³/mol. The minimum Gasteiger partial charge on any atom is -0.325 e. The summed E-state index contributed by atoms with van der Waals surface area (Å²) >= 11 is 3.04. The molecule has 0 fully saturated rings. The van der Waals surface area contributed by atoms with Gasteiger partial charge in [-0.05, 0) is 43.8 Å². The maximum atomic E-state index is 12.4. The highest BCUT2D eigenvalue weighted by atomic mass is 32.2. The Morgan fingerprint density at radius 2 is 2.20 bits per heavy atom. The molecule has 5 nitrogen and oxygen atoms in total. The lowest BCUT2D eigenvalue weighted by molar-refractivity contribution is -0.115. The number of nitrogens with one attached hydrogen (secondary N) is 2. The van der Waals surface area contributed by atoms with Gasteiger partial charge in [-0.2, -0.15) is 0 Å². The highest BCUT2D eigenvalue weighted by Crippen LogP contribution is 2.23. The lowest BCUT2D eigenvalue weighted by atomic mass is 10.1. The van der Waals surface area contributed by atoms with E-state index in [2.05, 4.69) is 32.6 Å². The first-order valence-electron chi connectivity index (χ1n) is 7.99. The molecule has 1 amide bonds. The third kappa shape index (κ3) is 4.70. The number of thioether (sulfide) groups is 1. The van der Waals surface area contributed by atoms with Gasteiger partial charge in [-0.15, -0.1) is 16.4 Å². The molecule has 2 heterocycles. The number of hydrogen-bond acceptors (Lipinski definition) is 5. The molecule has 0 aliphatic heterocycles. The molecular weight excluding hydrogens is 352 g/mol. The first-order chi connectivity index (χ1) is 12.0. The molecule has 2 aromatic heterocycles. The lowest BCUT2D eigenvalue weighted by Gasteiger charge is -2.12. The van der Waals surface area contributed by atoms with Crippen LogP contribution in [-0.4, -0.2) is 26.3 Å². The molecule has 0 aliphatic rings. The fraction of sp³-hybridized carbons (Fsp3) is 0.278. The molecule has 0 spiro atoms. The van der Waals surface area contributed by atoms with Gasteiger partial charge in [0, 0.05) is 17.0 Å². The second-order valence-electron chi connectivity index (χ2n) is 5.89. The lowest BCUT2D eigenvalue weighted by Crippen LogP contribution is -2.23. The normalized spacial score (nSPS) is 12.1. The second-order valence-corrected chi connectivity index (χ2v) is 8.23. The summed E-state index contributed by atoms with van der Waals surface area (Å²) in [4.78, 5) is 18.1. The van der Waals surface area contributed by atoms with E-state index in [1.807, 2.05) is 44.4 Å². The molecular formula is C18H20N4OS2. The van der Waals surface area contributed by atoms with Crippen molar-refractivity contribution in [1.29, 1.82) is 0 Å². The number of carbonyl (C=O) groups excluding carboxylic acids is 1. The van der Waals surface area contributed by atoms with Gasteiger partial charge in [0.1, 0.15) is 5.82 Å². The standard InChI is InChI=1S/C18H20N4OS2/c1-11-6-7-15(12(2)9-11)19-17(23)13(3)25-18-20-16(21-22-18)10-14-5-4-8-24-14/h4-9,13H,10H2,1-3H3,(H,19,23)(H,20,21,22). The maximum Gasteiger partial charge on any atom is 0.237 e. The predicted octanol–water partition coefficient (Wildman–Crippen LogP) is 4.19. The van der Waals surface area contributed by atoms with Gasteiger partial charge in [0.25, 0.3) is 0 Å².